The molecule has 1 aromatic rings. The number of ether oxygens (including phenoxy) is 2. The van der Waals surface area contributed by atoms with Crippen LogP contribution in [0.3, 0.4) is 0 Å². The van der Waals surface area contributed by atoms with Crippen LogP contribution in [0.25, 0.3) is 0 Å². The lowest BCUT2D eigenvalue weighted by atomic mass is 10.0. The predicted octanol–water partition coefficient (Wildman–Crippen LogP) is 0.445. The molecule has 7 nitrogen and oxygen atoms in total. The Morgan fingerprint density at radius 3 is 3.21 bits per heavy atom. The Kier molecular flexibility index (Phi) is 4.35. The van der Waals surface area contributed by atoms with Crippen LogP contribution in [0.2, 0.25) is 0 Å². The van der Waals surface area contributed by atoms with E-state index in [1.54, 1.807) is 12.5 Å². The Bertz CT molecular complexity index is 445. The molecule has 0 spiro atoms. The zero-order valence-electron chi connectivity index (χ0n) is 10.6. The average Bonchev–Trinajstić information content (AvgIpc) is 3.05. The lowest BCUT2D eigenvalue weighted by Crippen LogP contribution is -2.39. The molecule has 4 N–H and O–H groups in total. The number of carboxylic acid groups (broad SMARTS) is 1. The first-order chi connectivity index (χ1) is 9.06. The highest BCUT2D eigenvalue weighted by atomic mass is 32.1. The molecule has 2 unspecified atom stereocenters. The molecule has 1 fully saturated rings. The SMILES string of the molecule is COC1(CNc2nc(C(N)C(=O)O)cs2)CCOC1. The van der Waals surface area contributed by atoms with E-state index in [-0.39, 0.29) is 5.60 Å². The maximum absolute atomic E-state index is 10.8. The van der Waals surface area contributed by atoms with Crippen molar-refractivity contribution in [2.45, 2.75) is 18.1 Å². The van der Waals surface area contributed by atoms with Gasteiger partial charge in [0.1, 0.15) is 11.6 Å². The van der Waals surface area contributed by atoms with Crippen molar-refractivity contribution < 1.29 is 19.4 Å². The molecular formula is C11H17N3O4S. The van der Waals surface area contributed by atoms with E-state index in [9.17, 15) is 4.79 Å². The highest BCUT2D eigenvalue weighted by molar-refractivity contribution is 7.13. The summed E-state index contributed by atoms with van der Waals surface area (Å²) in [5.41, 5.74) is 5.52. The molecule has 2 atom stereocenters. The van der Waals surface area contributed by atoms with Gasteiger partial charge in [0.05, 0.1) is 12.3 Å². The fourth-order valence-corrected chi connectivity index (χ4v) is 2.58. The van der Waals surface area contributed by atoms with Crippen molar-refractivity contribution in [1.82, 2.24) is 4.98 Å². The molecule has 0 saturated carbocycles. The summed E-state index contributed by atoms with van der Waals surface area (Å²) in [6.45, 7) is 1.80. The summed E-state index contributed by atoms with van der Waals surface area (Å²) in [7, 11) is 1.66. The number of hydrogen-bond donors (Lipinski definition) is 3. The topological polar surface area (TPSA) is 107 Å². The number of aromatic nitrogens is 1. The molecule has 0 aliphatic carbocycles. The van der Waals surface area contributed by atoms with Crippen LogP contribution in [0.1, 0.15) is 18.2 Å². The summed E-state index contributed by atoms with van der Waals surface area (Å²) in [5.74, 6) is -1.09. The highest BCUT2D eigenvalue weighted by Crippen LogP contribution is 2.25. The number of nitrogens with zero attached hydrogens (tertiary/aromatic N) is 1. The number of rotatable bonds is 6. The normalized spacial score (nSPS) is 24.3. The lowest BCUT2D eigenvalue weighted by molar-refractivity contribution is -0.138. The van der Waals surface area contributed by atoms with Gasteiger partial charge in [-0.15, -0.1) is 11.3 Å². The van der Waals surface area contributed by atoms with Gasteiger partial charge in [-0.25, -0.2) is 4.98 Å². The van der Waals surface area contributed by atoms with E-state index in [1.165, 1.54) is 11.3 Å². The predicted molar refractivity (Wildman–Crippen MR) is 70.3 cm³/mol. The molecule has 0 aromatic carbocycles. The number of hydrogen-bond acceptors (Lipinski definition) is 7. The van der Waals surface area contributed by atoms with Gasteiger partial charge in [-0.05, 0) is 0 Å². The summed E-state index contributed by atoms with van der Waals surface area (Å²) >= 11 is 1.33. The van der Waals surface area contributed by atoms with Gasteiger partial charge < -0.3 is 25.6 Å². The number of nitrogens with two attached hydrogens (primary N) is 1. The first-order valence-corrected chi connectivity index (χ1v) is 6.75. The van der Waals surface area contributed by atoms with Crippen LogP contribution in [-0.2, 0) is 14.3 Å². The summed E-state index contributed by atoms with van der Waals surface area (Å²) in [6.07, 6.45) is 0.823. The molecule has 8 heteroatoms. The molecule has 0 radical (unpaired) electrons. The van der Waals surface area contributed by atoms with Gasteiger partial charge in [0.2, 0.25) is 0 Å². The minimum Gasteiger partial charge on any atom is -0.480 e. The molecule has 19 heavy (non-hydrogen) atoms. The monoisotopic (exact) mass is 287 g/mol. The minimum atomic E-state index is -1.09. The van der Waals surface area contributed by atoms with E-state index in [4.69, 9.17) is 20.3 Å². The number of thiazole rings is 1. The summed E-state index contributed by atoms with van der Waals surface area (Å²) in [5, 5.41) is 14.2. The Labute approximate surface area is 114 Å². The van der Waals surface area contributed by atoms with Gasteiger partial charge in [0, 0.05) is 32.1 Å². The quantitative estimate of drug-likeness (QED) is 0.697. The van der Waals surface area contributed by atoms with Crippen molar-refractivity contribution in [1.29, 1.82) is 0 Å². The number of aliphatic carboxylic acids is 1. The molecule has 1 aliphatic rings. The second-order valence-corrected chi connectivity index (χ2v) is 5.29. The summed E-state index contributed by atoms with van der Waals surface area (Å²) in [6, 6.07) is -1.09. The van der Waals surface area contributed by atoms with Crippen molar-refractivity contribution in [3.63, 3.8) is 0 Å². The number of nitrogens with one attached hydrogen (secondary N) is 1. The standard InChI is InChI=1S/C11H17N3O4S/c1-17-11(2-3-18-6-11)5-13-10-14-7(4-19-10)8(12)9(15)16/h4,8H,2-3,5-6,12H2,1H3,(H,13,14)(H,15,16). The van der Waals surface area contributed by atoms with Crippen LogP contribution < -0.4 is 11.1 Å². The molecule has 2 heterocycles. The molecule has 106 valence electrons. The third kappa shape index (κ3) is 3.21. The zero-order chi connectivity index (χ0) is 13.9. The third-order valence-corrected chi connectivity index (χ3v) is 3.99. The fraction of sp³-hybridized carbons (Fsp3) is 0.636. The average molecular weight is 287 g/mol. The first-order valence-electron chi connectivity index (χ1n) is 5.87. The number of carbonyl (C=O) groups is 1. The lowest BCUT2D eigenvalue weighted by Gasteiger charge is -2.25. The first kappa shape index (κ1) is 14.2. The van der Waals surface area contributed by atoms with Crippen molar-refractivity contribution in [3.8, 4) is 0 Å². The van der Waals surface area contributed by atoms with Crippen LogP contribution in [0, 0.1) is 0 Å². The second kappa shape index (κ2) is 5.83. The molecule has 0 bridgehead atoms. The van der Waals surface area contributed by atoms with Crippen molar-refractivity contribution in [2.24, 2.45) is 5.73 Å². The Balaban J connectivity index is 1.95. The van der Waals surface area contributed by atoms with Crippen LogP contribution in [0.4, 0.5) is 5.13 Å². The molecule has 1 aliphatic heterocycles. The van der Waals surface area contributed by atoms with E-state index in [1.807, 2.05) is 0 Å². The van der Waals surface area contributed by atoms with Crippen LogP contribution in [0.15, 0.2) is 5.38 Å². The Morgan fingerprint density at radius 1 is 1.84 bits per heavy atom. The van der Waals surface area contributed by atoms with Crippen molar-refractivity contribution in [3.05, 3.63) is 11.1 Å². The van der Waals surface area contributed by atoms with Gasteiger partial charge >= 0.3 is 5.97 Å². The number of methoxy groups -OCH3 is 1. The van der Waals surface area contributed by atoms with Crippen LogP contribution in [0.5, 0.6) is 0 Å². The largest absolute Gasteiger partial charge is 0.480 e. The Hall–Kier alpha value is -1.22. The third-order valence-electron chi connectivity index (χ3n) is 3.17. The zero-order valence-corrected chi connectivity index (χ0v) is 11.4. The molecule has 1 saturated heterocycles. The number of carboxylic acids is 1. The summed E-state index contributed by atoms with van der Waals surface area (Å²) < 4.78 is 10.8. The fourth-order valence-electron chi connectivity index (χ4n) is 1.83. The number of anilines is 1. The van der Waals surface area contributed by atoms with Gasteiger partial charge in [-0.2, -0.15) is 0 Å². The van der Waals surface area contributed by atoms with Crippen molar-refractivity contribution in [2.75, 3.05) is 32.2 Å². The van der Waals surface area contributed by atoms with Gasteiger partial charge in [-0.3, -0.25) is 4.79 Å². The molecule has 0 amide bonds. The molecule has 1 aromatic heterocycles. The maximum atomic E-state index is 10.8. The van der Waals surface area contributed by atoms with E-state index in [2.05, 4.69) is 10.3 Å². The molecule has 2 rings (SSSR count). The van der Waals surface area contributed by atoms with Gasteiger partial charge in [0.15, 0.2) is 5.13 Å². The molecular weight excluding hydrogens is 270 g/mol. The minimum absolute atomic E-state index is 0.333. The van der Waals surface area contributed by atoms with E-state index < -0.39 is 12.0 Å². The Morgan fingerprint density at radius 2 is 2.63 bits per heavy atom. The summed E-state index contributed by atoms with van der Waals surface area (Å²) in [4.78, 5) is 14.9. The second-order valence-electron chi connectivity index (χ2n) is 4.44. The van der Waals surface area contributed by atoms with E-state index in [0.29, 0.717) is 30.6 Å². The van der Waals surface area contributed by atoms with Crippen molar-refractivity contribution >= 4 is 22.4 Å². The smallest absolute Gasteiger partial charge is 0.326 e. The van der Waals surface area contributed by atoms with E-state index in [0.717, 1.165) is 6.42 Å². The van der Waals surface area contributed by atoms with Crippen LogP contribution >= 0.6 is 11.3 Å². The van der Waals surface area contributed by atoms with Gasteiger partial charge in [-0.1, -0.05) is 0 Å². The van der Waals surface area contributed by atoms with E-state index >= 15 is 0 Å². The van der Waals surface area contributed by atoms with Crippen LogP contribution in [-0.4, -0.2) is 48.5 Å². The maximum Gasteiger partial charge on any atom is 0.326 e. The highest BCUT2D eigenvalue weighted by Gasteiger charge is 2.35. The van der Waals surface area contributed by atoms with Gasteiger partial charge in [0.25, 0.3) is 0 Å².